The minimum atomic E-state index is -0.423. The summed E-state index contributed by atoms with van der Waals surface area (Å²) in [6.07, 6.45) is 2.83. The van der Waals surface area contributed by atoms with Gasteiger partial charge < -0.3 is 14.6 Å². The van der Waals surface area contributed by atoms with Crippen molar-refractivity contribution in [3.8, 4) is 11.5 Å². The molecule has 0 amide bonds. The van der Waals surface area contributed by atoms with Crippen LogP contribution in [0.15, 0.2) is 24.3 Å². The number of methoxy groups -OCH3 is 1. The van der Waals surface area contributed by atoms with Crippen molar-refractivity contribution in [1.29, 1.82) is 0 Å². The number of rotatable bonds is 4. The van der Waals surface area contributed by atoms with Crippen molar-refractivity contribution >= 4 is 12.0 Å². The lowest BCUT2D eigenvalue weighted by molar-refractivity contribution is -0.137. The van der Waals surface area contributed by atoms with Crippen LogP contribution in [0.3, 0.4) is 0 Å². The topological polar surface area (TPSA) is 55.8 Å². The lowest BCUT2D eigenvalue weighted by Gasteiger charge is -2.06. The number of phenolic OH excluding ortho intramolecular Hbond substituents is 1. The van der Waals surface area contributed by atoms with E-state index in [1.165, 1.54) is 25.3 Å². The maximum Gasteiger partial charge on any atom is 0.330 e. The number of carbonyl (C=O) groups excluding carboxylic acids is 1. The van der Waals surface area contributed by atoms with Gasteiger partial charge in [-0.15, -0.1) is 0 Å². The molecule has 4 heteroatoms. The molecule has 0 aliphatic carbocycles. The molecule has 0 fully saturated rings. The number of carbonyl (C=O) groups is 1. The van der Waals surface area contributed by atoms with Gasteiger partial charge in [0.05, 0.1) is 13.7 Å². The molecule has 0 radical (unpaired) electrons. The number of hydrogen-bond donors (Lipinski definition) is 1. The van der Waals surface area contributed by atoms with Crippen LogP contribution in [0.4, 0.5) is 0 Å². The van der Waals surface area contributed by atoms with Crippen LogP contribution in [-0.2, 0) is 9.53 Å². The maximum absolute atomic E-state index is 11.1. The van der Waals surface area contributed by atoms with Crippen LogP contribution in [-0.4, -0.2) is 24.8 Å². The Labute approximate surface area is 94.1 Å². The summed E-state index contributed by atoms with van der Waals surface area (Å²) < 4.78 is 9.75. The average Bonchev–Trinajstić information content (AvgIpc) is 2.27. The van der Waals surface area contributed by atoms with Crippen LogP contribution in [0.25, 0.3) is 6.08 Å². The molecule has 16 heavy (non-hydrogen) atoms. The van der Waals surface area contributed by atoms with Crippen LogP contribution < -0.4 is 4.74 Å². The molecule has 0 saturated carbocycles. The Balaban J connectivity index is 2.88. The van der Waals surface area contributed by atoms with Crippen LogP contribution in [0.5, 0.6) is 11.5 Å². The normalized spacial score (nSPS) is 10.4. The lowest BCUT2D eigenvalue weighted by atomic mass is 10.1. The third-order valence-electron chi connectivity index (χ3n) is 1.91. The van der Waals surface area contributed by atoms with Gasteiger partial charge in [0, 0.05) is 11.6 Å². The molecule has 0 bridgehead atoms. The first kappa shape index (κ1) is 12.1. The highest BCUT2D eigenvalue weighted by molar-refractivity contribution is 5.87. The Bertz CT molecular complexity index is 396. The van der Waals surface area contributed by atoms with E-state index in [2.05, 4.69) is 0 Å². The van der Waals surface area contributed by atoms with E-state index < -0.39 is 5.97 Å². The molecule has 0 spiro atoms. The maximum atomic E-state index is 11.1. The fourth-order valence-electron chi connectivity index (χ4n) is 1.24. The molecule has 4 nitrogen and oxygen atoms in total. The van der Waals surface area contributed by atoms with Gasteiger partial charge in [-0.25, -0.2) is 4.79 Å². The second kappa shape index (κ2) is 5.80. The zero-order chi connectivity index (χ0) is 12.0. The predicted molar refractivity (Wildman–Crippen MR) is 60.3 cm³/mol. The second-order valence-corrected chi connectivity index (χ2v) is 2.98. The molecule has 0 heterocycles. The largest absolute Gasteiger partial charge is 0.504 e. The van der Waals surface area contributed by atoms with Gasteiger partial charge >= 0.3 is 5.97 Å². The summed E-state index contributed by atoms with van der Waals surface area (Å²) in [7, 11) is 1.46. The van der Waals surface area contributed by atoms with E-state index in [1.807, 2.05) is 0 Å². The Morgan fingerprint density at radius 2 is 2.25 bits per heavy atom. The van der Waals surface area contributed by atoms with Crippen molar-refractivity contribution < 1.29 is 19.4 Å². The van der Waals surface area contributed by atoms with Crippen molar-refractivity contribution in [2.45, 2.75) is 6.92 Å². The zero-order valence-corrected chi connectivity index (χ0v) is 9.27. The van der Waals surface area contributed by atoms with Crippen LogP contribution in [0, 0.1) is 0 Å². The van der Waals surface area contributed by atoms with Crippen molar-refractivity contribution in [3.63, 3.8) is 0 Å². The molecule has 0 unspecified atom stereocenters. The summed E-state index contributed by atoms with van der Waals surface area (Å²) in [4.78, 5) is 11.1. The van der Waals surface area contributed by atoms with E-state index >= 15 is 0 Å². The smallest absolute Gasteiger partial charge is 0.330 e. The molecule has 1 N–H and O–H groups in total. The summed E-state index contributed by atoms with van der Waals surface area (Å²) in [5.74, 6) is -0.0514. The molecule has 1 rings (SSSR count). The zero-order valence-electron chi connectivity index (χ0n) is 9.27. The summed E-state index contributed by atoms with van der Waals surface area (Å²) in [5, 5.41) is 9.48. The minimum Gasteiger partial charge on any atom is -0.504 e. The van der Waals surface area contributed by atoms with Crippen molar-refractivity contribution in [1.82, 2.24) is 0 Å². The molecule has 0 aromatic heterocycles. The van der Waals surface area contributed by atoms with E-state index in [-0.39, 0.29) is 5.75 Å². The third-order valence-corrected chi connectivity index (χ3v) is 1.91. The molecule has 0 aliphatic rings. The Morgan fingerprint density at radius 1 is 1.50 bits per heavy atom. The fraction of sp³-hybridized carbons (Fsp3) is 0.250. The molecule has 86 valence electrons. The van der Waals surface area contributed by atoms with Gasteiger partial charge in [-0.3, -0.25) is 0 Å². The number of aromatic hydroxyl groups is 1. The van der Waals surface area contributed by atoms with Gasteiger partial charge in [-0.05, 0) is 19.1 Å². The number of ether oxygens (including phenoxy) is 2. The number of hydrogen-bond acceptors (Lipinski definition) is 4. The van der Waals surface area contributed by atoms with E-state index in [9.17, 15) is 9.90 Å². The summed E-state index contributed by atoms with van der Waals surface area (Å²) >= 11 is 0. The van der Waals surface area contributed by atoms with Crippen molar-refractivity contribution in [2.24, 2.45) is 0 Å². The summed E-state index contributed by atoms with van der Waals surface area (Å²) in [5.41, 5.74) is 0.621. The summed E-state index contributed by atoms with van der Waals surface area (Å²) in [6, 6.07) is 4.91. The standard InChI is InChI=1S/C12H14O4/c1-3-16-11(14)8-7-9-5-4-6-10(13)12(9)15-2/h4-8,13H,3H2,1-2H3/b8-7+. The van der Waals surface area contributed by atoms with Crippen molar-refractivity contribution in [2.75, 3.05) is 13.7 Å². The SMILES string of the molecule is CCOC(=O)/C=C/c1cccc(O)c1OC. The average molecular weight is 222 g/mol. The third kappa shape index (κ3) is 3.02. The molecule has 1 aromatic carbocycles. The van der Waals surface area contributed by atoms with Crippen molar-refractivity contribution in [3.05, 3.63) is 29.8 Å². The van der Waals surface area contributed by atoms with Crippen LogP contribution >= 0.6 is 0 Å². The monoisotopic (exact) mass is 222 g/mol. The highest BCUT2D eigenvalue weighted by atomic mass is 16.5. The van der Waals surface area contributed by atoms with Crippen LogP contribution in [0.1, 0.15) is 12.5 Å². The minimum absolute atomic E-state index is 0.0357. The predicted octanol–water partition coefficient (Wildman–Crippen LogP) is 1.98. The Morgan fingerprint density at radius 3 is 2.88 bits per heavy atom. The van der Waals surface area contributed by atoms with E-state index in [1.54, 1.807) is 19.1 Å². The van der Waals surface area contributed by atoms with Gasteiger partial charge in [0.1, 0.15) is 0 Å². The lowest BCUT2D eigenvalue weighted by Crippen LogP contribution is -1.98. The first-order valence-electron chi connectivity index (χ1n) is 4.89. The first-order chi connectivity index (χ1) is 7.69. The molecule has 1 aromatic rings. The first-order valence-corrected chi connectivity index (χ1v) is 4.89. The number of benzene rings is 1. The molecular weight excluding hydrogens is 208 g/mol. The van der Waals surface area contributed by atoms with Gasteiger partial charge in [0.15, 0.2) is 11.5 Å². The summed E-state index contributed by atoms with van der Waals surface area (Å²) in [6.45, 7) is 2.07. The Kier molecular flexibility index (Phi) is 4.39. The second-order valence-electron chi connectivity index (χ2n) is 2.98. The van der Waals surface area contributed by atoms with Gasteiger partial charge in [0.25, 0.3) is 0 Å². The molecule has 0 atom stereocenters. The molecular formula is C12H14O4. The number of para-hydroxylation sites is 1. The fourth-order valence-corrected chi connectivity index (χ4v) is 1.24. The van der Waals surface area contributed by atoms with Gasteiger partial charge in [0.2, 0.25) is 0 Å². The Hall–Kier alpha value is -1.97. The molecule has 0 aliphatic heterocycles. The van der Waals surface area contributed by atoms with E-state index in [0.29, 0.717) is 17.9 Å². The van der Waals surface area contributed by atoms with E-state index in [0.717, 1.165) is 0 Å². The highest BCUT2D eigenvalue weighted by Gasteiger charge is 2.05. The molecule has 0 saturated heterocycles. The quantitative estimate of drug-likeness (QED) is 0.625. The number of esters is 1. The van der Waals surface area contributed by atoms with Crippen LogP contribution in [0.2, 0.25) is 0 Å². The van der Waals surface area contributed by atoms with Gasteiger partial charge in [-0.2, -0.15) is 0 Å². The highest BCUT2D eigenvalue weighted by Crippen LogP contribution is 2.30. The van der Waals surface area contributed by atoms with Gasteiger partial charge in [-0.1, -0.05) is 12.1 Å². The van der Waals surface area contributed by atoms with E-state index in [4.69, 9.17) is 9.47 Å². The number of phenols is 1.